The number of aryl methyl sites for hydroxylation is 1. The van der Waals surface area contributed by atoms with Crippen molar-refractivity contribution in [2.24, 2.45) is 0 Å². The summed E-state index contributed by atoms with van der Waals surface area (Å²) in [5.74, 6) is 1.75. The average Bonchev–Trinajstić information content (AvgIpc) is 2.92. The van der Waals surface area contributed by atoms with Crippen LogP contribution in [0.3, 0.4) is 0 Å². The molecular formula is C39H64O4Si2. The van der Waals surface area contributed by atoms with Crippen molar-refractivity contribution in [2.75, 3.05) is 6.61 Å². The molecule has 0 radical (unpaired) electrons. The summed E-state index contributed by atoms with van der Waals surface area (Å²) < 4.78 is 25.7. The molecule has 6 heteroatoms. The highest BCUT2D eigenvalue weighted by Gasteiger charge is 2.42. The second-order valence-corrected chi connectivity index (χ2v) is 26.2. The van der Waals surface area contributed by atoms with E-state index in [4.69, 9.17) is 18.3 Å². The summed E-state index contributed by atoms with van der Waals surface area (Å²) in [5.41, 5.74) is 3.61. The van der Waals surface area contributed by atoms with Crippen molar-refractivity contribution >= 4 is 28.8 Å². The predicted octanol–water partition coefficient (Wildman–Crippen LogP) is 12.0. The summed E-state index contributed by atoms with van der Waals surface area (Å²) in [7, 11) is -4.08. The van der Waals surface area contributed by atoms with Gasteiger partial charge in [0.05, 0.1) is 5.60 Å². The Morgan fingerprint density at radius 1 is 0.733 bits per heavy atom. The molecule has 1 fully saturated rings. The predicted molar refractivity (Wildman–Crippen MR) is 198 cm³/mol. The Bertz CT molecular complexity index is 1240. The van der Waals surface area contributed by atoms with Gasteiger partial charge in [-0.25, -0.2) is 0 Å². The first-order valence-corrected chi connectivity index (χ1v) is 23.2. The maximum atomic E-state index is 6.88. The second kappa shape index (κ2) is 15.4. The first-order chi connectivity index (χ1) is 20.8. The number of rotatable bonds is 14. The molecule has 0 bridgehead atoms. The third kappa shape index (κ3) is 11.7. The SMILES string of the molecule is CC(C)(CCCCCc1cccc(C=Cc2ccc(O[Si](C)(C)C(C)(C)C)c(O[Si](C)(C)C(C)(C)C)c2)c1)OC1CCCCO1. The molecule has 1 unspecified atom stereocenters. The Morgan fingerprint density at radius 2 is 1.36 bits per heavy atom. The number of unbranched alkanes of at least 4 members (excludes halogenated alkanes) is 2. The maximum absolute atomic E-state index is 6.88. The summed E-state index contributed by atoms with van der Waals surface area (Å²) in [4.78, 5) is 0. The van der Waals surface area contributed by atoms with Gasteiger partial charge in [-0.2, -0.15) is 0 Å². The fourth-order valence-electron chi connectivity index (χ4n) is 4.97. The van der Waals surface area contributed by atoms with Crippen LogP contribution in [0.25, 0.3) is 12.2 Å². The lowest BCUT2D eigenvalue weighted by molar-refractivity contribution is -0.217. The van der Waals surface area contributed by atoms with Gasteiger partial charge >= 0.3 is 0 Å². The van der Waals surface area contributed by atoms with Crippen LogP contribution in [0.5, 0.6) is 11.5 Å². The van der Waals surface area contributed by atoms with E-state index >= 15 is 0 Å². The Kier molecular flexibility index (Phi) is 12.8. The van der Waals surface area contributed by atoms with Gasteiger partial charge in [0, 0.05) is 6.61 Å². The van der Waals surface area contributed by atoms with Crippen molar-refractivity contribution in [1.29, 1.82) is 0 Å². The van der Waals surface area contributed by atoms with Crippen LogP contribution >= 0.6 is 0 Å². The van der Waals surface area contributed by atoms with Crippen LogP contribution in [-0.4, -0.2) is 35.1 Å². The number of hydrogen-bond donors (Lipinski definition) is 0. The minimum Gasteiger partial charge on any atom is -0.541 e. The quantitative estimate of drug-likeness (QED) is 0.116. The van der Waals surface area contributed by atoms with Crippen molar-refractivity contribution in [3.8, 4) is 11.5 Å². The average molecular weight is 653 g/mol. The zero-order chi connectivity index (χ0) is 33.5. The molecule has 2 aromatic rings. The molecule has 1 heterocycles. The van der Waals surface area contributed by atoms with Gasteiger partial charge in [0.2, 0.25) is 0 Å². The molecule has 4 nitrogen and oxygen atoms in total. The first kappa shape index (κ1) is 37.6. The topological polar surface area (TPSA) is 36.9 Å². The molecule has 2 aromatic carbocycles. The van der Waals surface area contributed by atoms with E-state index in [0.29, 0.717) is 0 Å². The van der Waals surface area contributed by atoms with Crippen LogP contribution in [0.15, 0.2) is 42.5 Å². The van der Waals surface area contributed by atoms with E-state index in [9.17, 15) is 0 Å². The van der Waals surface area contributed by atoms with E-state index < -0.39 is 16.6 Å². The van der Waals surface area contributed by atoms with Crippen LogP contribution in [-0.2, 0) is 15.9 Å². The van der Waals surface area contributed by atoms with Crippen LogP contribution in [0.1, 0.15) is 117 Å². The Morgan fingerprint density at radius 3 is 1.96 bits per heavy atom. The second-order valence-electron chi connectivity index (χ2n) is 16.7. The molecule has 0 aliphatic carbocycles. The molecule has 0 spiro atoms. The molecule has 0 amide bonds. The van der Waals surface area contributed by atoms with Crippen molar-refractivity contribution in [1.82, 2.24) is 0 Å². The number of hydrogen-bond acceptors (Lipinski definition) is 4. The monoisotopic (exact) mass is 652 g/mol. The molecule has 0 N–H and O–H groups in total. The van der Waals surface area contributed by atoms with Crippen molar-refractivity contribution in [3.63, 3.8) is 0 Å². The molecular weight excluding hydrogens is 589 g/mol. The van der Waals surface area contributed by atoms with E-state index in [-0.39, 0.29) is 22.0 Å². The van der Waals surface area contributed by atoms with Gasteiger partial charge in [0.15, 0.2) is 6.29 Å². The normalized spacial score (nSPS) is 17.1. The zero-order valence-corrected chi connectivity index (χ0v) is 32.8. The number of benzene rings is 2. The van der Waals surface area contributed by atoms with E-state index in [1.807, 2.05) is 0 Å². The van der Waals surface area contributed by atoms with Crippen LogP contribution < -0.4 is 8.85 Å². The number of ether oxygens (including phenoxy) is 2. The lowest BCUT2D eigenvalue weighted by Crippen LogP contribution is -2.45. The summed E-state index contributed by atoms with van der Waals surface area (Å²) >= 11 is 0. The fraction of sp³-hybridized carbons (Fsp3) is 0.641. The van der Waals surface area contributed by atoms with Gasteiger partial charge < -0.3 is 18.3 Å². The van der Waals surface area contributed by atoms with E-state index in [0.717, 1.165) is 49.4 Å². The summed E-state index contributed by atoms with van der Waals surface area (Å²) in [6.07, 6.45) is 13.5. The van der Waals surface area contributed by atoms with Crippen LogP contribution in [0.2, 0.25) is 36.3 Å². The van der Waals surface area contributed by atoms with Crippen molar-refractivity contribution < 1.29 is 18.3 Å². The molecule has 0 aromatic heterocycles. The smallest absolute Gasteiger partial charge is 0.250 e. The molecule has 1 aliphatic rings. The first-order valence-electron chi connectivity index (χ1n) is 17.4. The lowest BCUT2D eigenvalue weighted by atomic mass is 9.98. The summed E-state index contributed by atoms with van der Waals surface area (Å²) in [6.45, 7) is 28.1. The Hall–Kier alpha value is -1.87. The molecule has 0 saturated carbocycles. The van der Waals surface area contributed by atoms with Gasteiger partial charge in [-0.05, 0) is 117 Å². The highest BCUT2D eigenvalue weighted by molar-refractivity contribution is 6.75. The summed E-state index contributed by atoms with van der Waals surface area (Å²) in [6, 6.07) is 15.4. The van der Waals surface area contributed by atoms with Gasteiger partial charge in [-0.3, -0.25) is 0 Å². The molecule has 3 rings (SSSR count). The maximum Gasteiger partial charge on any atom is 0.250 e. The van der Waals surface area contributed by atoms with Crippen LogP contribution in [0.4, 0.5) is 0 Å². The minimum absolute atomic E-state index is 0.0191. The van der Waals surface area contributed by atoms with Gasteiger partial charge in [0.25, 0.3) is 16.6 Å². The Labute approximate surface area is 278 Å². The fourth-order valence-corrected chi connectivity index (χ4v) is 7.01. The lowest BCUT2D eigenvalue weighted by Gasteiger charge is -2.39. The molecule has 1 saturated heterocycles. The molecule has 45 heavy (non-hydrogen) atoms. The highest BCUT2D eigenvalue weighted by atomic mass is 28.4. The third-order valence-electron chi connectivity index (χ3n) is 10.1. The summed E-state index contributed by atoms with van der Waals surface area (Å²) in [5, 5.41) is 0.210. The van der Waals surface area contributed by atoms with Gasteiger partial charge in [-0.15, -0.1) is 0 Å². The molecule has 1 atom stereocenters. The highest BCUT2D eigenvalue weighted by Crippen LogP contribution is 2.44. The van der Waals surface area contributed by atoms with Crippen molar-refractivity contribution in [2.45, 2.75) is 155 Å². The van der Waals surface area contributed by atoms with E-state index in [1.165, 1.54) is 36.8 Å². The van der Waals surface area contributed by atoms with Crippen molar-refractivity contribution in [3.05, 3.63) is 59.2 Å². The van der Waals surface area contributed by atoms with Gasteiger partial charge in [-0.1, -0.05) is 96.9 Å². The molecule has 1 aliphatic heterocycles. The third-order valence-corrected chi connectivity index (χ3v) is 18.7. The Balaban J connectivity index is 1.64. The van der Waals surface area contributed by atoms with Gasteiger partial charge in [0.1, 0.15) is 11.5 Å². The largest absolute Gasteiger partial charge is 0.541 e. The zero-order valence-electron chi connectivity index (χ0n) is 30.8. The molecule has 252 valence electrons. The van der Waals surface area contributed by atoms with Crippen LogP contribution in [0, 0.1) is 0 Å². The minimum atomic E-state index is -2.06. The van der Waals surface area contributed by atoms with E-state index in [1.54, 1.807) is 0 Å². The van der Waals surface area contributed by atoms with E-state index in [2.05, 4.69) is 136 Å². The standard InChI is InChI=1S/C39H64O4Si2/c1-37(2,3)44(9,10)42-34-26-25-33(30-35(34)43-45(11,12)38(4,5)6)24-23-32-21-18-20-31(29-32)19-14-13-16-27-39(7,8)41-36-22-15-17-28-40-36/h18,20-21,23-26,29-30,36H,13-17,19,22,27-28H2,1-12H3.